The van der Waals surface area contributed by atoms with E-state index in [4.69, 9.17) is 17.2 Å². The lowest BCUT2D eigenvalue weighted by Gasteiger charge is -2.26. The number of aliphatic imine (C=N–C) groups is 3. The first-order chi connectivity index (χ1) is 44.4. The quantitative estimate of drug-likeness (QED) is 0.0641. The largest absolute Gasteiger partial charge is 0.435 e. The first kappa shape index (κ1) is 64.3. The summed E-state index contributed by atoms with van der Waals surface area (Å²) in [6.45, 7) is -8.89. The van der Waals surface area contributed by atoms with Gasteiger partial charge in [0.1, 0.15) is 17.2 Å². The summed E-state index contributed by atoms with van der Waals surface area (Å²) in [4.78, 5) is 68.0. The van der Waals surface area contributed by atoms with Crippen LogP contribution in [0.3, 0.4) is 0 Å². The van der Waals surface area contributed by atoms with Gasteiger partial charge in [-0.3, -0.25) is 29.1 Å². The van der Waals surface area contributed by atoms with Crippen molar-refractivity contribution in [3.8, 4) is 50.6 Å². The van der Waals surface area contributed by atoms with Crippen molar-refractivity contribution < 1.29 is 68.1 Å². The van der Waals surface area contributed by atoms with Crippen molar-refractivity contribution in [3.05, 3.63) is 252 Å². The van der Waals surface area contributed by atoms with Gasteiger partial charge in [-0.25, -0.2) is 29.9 Å². The smallest absolute Gasteiger partial charge is 0.387 e. The molecule has 3 aromatic heterocycles. The Morgan fingerprint density at radius 2 is 0.591 bits per heavy atom. The molecular weight excluding hydrogens is 1230 g/mol. The minimum atomic E-state index is -2.96. The Morgan fingerprint density at radius 3 is 0.785 bits per heavy atom. The van der Waals surface area contributed by atoms with Crippen LogP contribution in [0.25, 0.3) is 33.4 Å². The van der Waals surface area contributed by atoms with Crippen LogP contribution >= 0.6 is 0 Å². The second kappa shape index (κ2) is 26.4. The Hall–Kier alpha value is -11.6. The van der Waals surface area contributed by atoms with E-state index in [1.54, 1.807) is 91.0 Å². The Balaban J connectivity index is 0.000000153. The van der Waals surface area contributed by atoms with Gasteiger partial charge in [0.15, 0.2) is 34.5 Å². The van der Waals surface area contributed by atoms with Gasteiger partial charge in [0.2, 0.25) is 17.8 Å². The SMILES string of the molecule is CN1C(=O)C(c2ccc(OC(F)F)cc2)(c2cccc(-c3ccc(F)nc3)c2)N=C1N.CN1C(=O)[C@@](c2ccc(OC(F)F)cc2)(c2cccc(-c3ccc(F)nc3)c2)N=C1N.CN1C(=O)[C@](c2ccc(OC(F)F)cc2)(c2cccc(-c3ccc(F)nc3)c2)N=C1N. The highest BCUT2D eigenvalue weighted by Gasteiger charge is 2.52. The van der Waals surface area contributed by atoms with E-state index in [0.29, 0.717) is 66.8 Å². The molecule has 18 nitrogen and oxygen atoms in total. The lowest BCUT2D eigenvalue weighted by atomic mass is 9.82. The fraction of sp³-hybridized carbons (Fsp3) is 0.136. The molecule has 474 valence electrons. The topological polar surface area (TPSA) is 242 Å². The Kier molecular flexibility index (Phi) is 18.3. The molecule has 9 aromatic rings. The summed E-state index contributed by atoms with van der Waals surface area (Å²) in [5.41, 5.74) is 20.2. The van der Waals surface area contributed by atoms with Crippen LogP contribution in [-0.4, -0.2) is 106 Å². The molecule has 0 bridgehead atoms. The molecule has 0 fully saturated rings. The van der Waals surface area contributed by atoms with E-state index in [1.807, 2.05) is 0 Å². The van der Waals surface area contributed by atoms with Crippen LogP contribution in [0.1, 0.15) is 33.4 Å². The molecule has 6 heterocycles. The number of carbonyl (C=O) groups is 3. The number of guanidine groups is 3. The molecule has 0 radical (unpaired) electrons. The van der Waals surface area contributed by atoms with E-state index in [1.165, 1.54) is 145 Å². The average molecular weight is 1280 g/mol. The third kappa shape index (κ3) is 12.9. The van der Waals surface area contributed by atoms with Gasteiger partial charge in [-0.1, -0.05) is 91.0 Å². The molecule has 3 atom stereocenters. The second-order valence-electron chi connectivity index (χ2n) is 20.7. The maximum Gasteiger partial charge on any atom is 0.387 e. The third-order valence-electron chi connectivity index (χ3n) is 15.2. The number of rotatable bonds is 15. The number of alkyl halides is 6. The monoisotopic (exact) mass is 1280 g/mol. The number of likely N-dealkylation sites (N-methyl/N-ethyl adjacent to an activating group) is 3. The summed E-state index contributed by atoms with van der Waals surface area (Å²) in [7, 11) is 4.51. The number of hydrogen-bond donors (Lipinski definition) is 3. The number of ether oxygens (including phenoxy) is 3. The third-order valence-corrected chi connectivity index (χ3v) is 15.2. The zero-order valence-electron chi connectivity index (χ0n) is 48.9. The van der Waals surface area contributed by atoms with Gasteiger partial charge in [-0.05, 0) is 141 Å². The Labute approximate surface area is 523 Å². The van der Waals surface area contributed by atoms with Gasteiger partial charge < -0.3 is 31.4 Å². The standard InChI is InChI=1S/3C22H17F3N4O2/c3*1-29-19(30)22(28-21(29)26,15-6-8-17(9-7-15)31-20(24)25)16-4-2-3-13(11-16)14-5-10-18(23)27-12-14/h3*2-12,20H,1H3,(H2,26,28)/t2*22-;/m10./s1. The van der Waals surface area contributed by atoms with Crippen molar-refractivity contribution in [2.75, 3.05) is 21.1 Å². The summed E-state index contributed by atoms with van der Waals surface area (Å²) in [6.07, 6.45) is 4.16. The number of nitrogens with zero attached hydrogens (tertiary/aromatic N) is 9. The number of amides is 3. The zero-order valence-corrected chi connectivity index (χ0v) is 48.9. The van der Waals surface area contributed by atoms with Crippen LogP contribution in [0.5, 0.6) is 17.2 Å². The normalized spacial score (nSPS) is 18.4. The molecule has 6 N–H and O–H groups in total. The first-order valence-electron chi connectivity index (χ1n) is 27.7. The molecule has 27 heteroatoms. The van der Waals surface area contributed by atoms with Crippen LogP contribution in [-0.2, 0) is 31.0 Å². The van der Waals surface area contributed by atoms with Gasteiger partial charge in [0, 0.05) is 56.4 Å². The highest BCUT2D eigenvalue weighted by Crippen LogP contribution is 2.44. The summed E-state index contributed by atoms with van der Waals surface area (Å²) in [5.74, 6) is -3.09. The van der Waals surface area contributed by atoms with Crippen molar-refractivity contribution >= 4 is 35.6 Å². The fourth-order valence-electron chi connectivity index (χ4n) is 10.6. The summed E-state index contributed by atoms with van der Waals surface area (Å²) in [5, 5.41) is 0. The number of pyridine rings is 3. The van der Waals surface area contributed by atoms with Crippen LogP contribution < -0.4 is 31.4 Å². The van der Waals surface area contributed by atoms with Gasteiger partial charge in [-0.15, -0.1) is 0 Å². The van der Waals surface area contributed by atoms with E-state index in [9.17, 15) is 53.9 Å². The molecule has 0 aliphatic carbocycles. The second-order valence-corrected chi connectivity index (χ2v) is 20.7. The number of benzene rings is 6. The zero-order chi connectivity index (χ0) is 66.5. The Bertz CT molecular complexity index is 3890. The Morgan fingerprint density at radius 1 is 0.344 bits per heavy atom. The van der Waals surface area contributed by atoms with Crippen molar-refractivity contribution in [1.29, 1.82) is 0 Å². The van der Waals surface area contributed by atoms with Crippen molar-refractivity contribution in [3.63, 3.8) is 0 Å². The van der Waals surface area contributed by atoms with Gasteiger partial charge in [0.25, 0.3) is 17.7 Å². The number of carbonyl (C=O) groups excluding carboxylic acids is 3. The lowest BCUT2D eigenvalue weighted by molar-refractivity contribution is -0.130. The van der Waals surface area contributed by atoms with Gasteiger partial charge in [0.05, 0.1) is 0 Å². The van der Waals surface area contributed by atoms with Crippen LogP contribution in [0.15, 0.2) is 216 Å². The highest BCUT2D eigenvalue weighted by molar-refractivity contribution is 6.11. The van der Waals surface area contributed by atoms with Crippen LogP contribution in [0.2, 0.25) is 0 Å². The summed E-state index contributed by atoms with van der Waals surface area (Å²) in [6, 6.07) is 46.5. The molecule has 3 aliphatic heterocycles. The van der Waals surface area contributed by atoms with E-state index in [2.05, 4.69) is 44.1 Å². The molecule has 0 saturated heterocycles. The maximum absolute atomic E-state index is 13.3. The molecular formula is C66H51F9N12O6. The number of hydrogen-bond acceptors (Lipinski definition) is 15. The minimum Gasteiger partial charge on any atom is -0.435 e. The van der Waals surface area contributed by atoms with E-state index >= 15 is 0 Å². The number of nitrogens with two attached hydrogens (primary N) is 3. The van der Waals surface area contributed by atoms with Crippen molar-refractivity contribution in [2.24, 2.45) is 32.2 Å². The fourth-order valence-corrected chi connectivity index (χ4v) is 10.6. The molecule has 93 heavy (non-hydrogen) atoms. The molecule has 3 amide bonds. The predicted molar refractivity (Wildman–Crippen MR) is 324 cm³/mol. The van der Waals surface area contributed by atoms with E-state index in [-0.39, 0.29) is 35.1 Å². The predicted octanol–water partition coefficient (Wildman–Crippen LogP) is 10.6. The van der Waals surface area contributed by atoms with Crippen LogP contribution in [0, 0.1) is 17.8 Å². The van der Waals surface area contributed by atoms with Crippen molar-refractivity contribution in [1.82, 2.24) is 29.7 Å². The number of aromatic nitrogens is 3. The van der Waals surface area contributed by atoms with E-state index in [0.717, 1.165) is 0 Å². The molecule has 0 spiro atoms. The minimum absolute atomic E-state index is 0.0201. The average Bonchev–Trinajstić information content (AvgIpc) is 1.65. The molecule has 1 unspecified atom stereocenters. The van der Waals surface area contributed by atoms with Crippen molar-refractivity contribution in [2.45, 2.75) is 36.5 Å². The lowest BCUT2D eigenvalue weighted by Crippen LogP contribution is -2.41. The molecule has 3 aliphatic rings. The van der Waals surface area contributed by atoms with Crippen LogP contribution in [0.4, 0.5) is 39.5 Å². The molecule has 12 rings (SSSR count). The maximum atomic E-state index is 13.3. The molecule has 0 saturated carbocycles. The first-order valence-corrected chi connectivity index (χ1v) is 27.7. The van der Waals surface area contributed by atoms with Gasteiger partial charge in [-0.2, -0.15) is 39.5 Å². The summed E-state index contributed by atoms with van der Waals surface area (Å²) < 4.78 is 128. The number of halogens is 9. The van der Waals surface area contributed by atoms with E-state index < -0.39 is 72.0 Å². The van der Waals surface area contributed by atoms with Gasteiger partial charge >= 0.3 is 19.8 Å². The highest BCUT2D eigenvalue weighted by atomic mass is 19.3. The molecule has 6 aromatic carbocycles. The summed E-state index contributed by atoms with van der Waals surface area (Å²) >= 11 is 0.